The third kappa shape index (κ3) is 2.72. The third-order valence-corrected chi connectivity index (χ3v) is 4.47. The molecule has 0 bridgehead atoms. The molecule has 0 aliphatic heterocycles. The van der Waals surface area contributed by atoms with E-state index in [1.54, 1.807) is 11.8 Å². The zero-order valence-electron chi connectivity index (χ0n) is 9.50. The van der Waals surface area contributed by atoms with Gasteiger partial charge in [-0.25, -0.2) is 9.18 Å². The molecule has 2 N–H and O–H groups in total. The molecular formula is C12H14FNO2S. The molecule has 0 radical (unpaired) electrons. The van der Waals surface area contributed by atoms with E-state index >= 15 is 0 Å². The van der Waals surface area contributed by atoms with Gasteiger partial charge in [-0.05, 0) is 37.3 Å². The van der Waals surface area contributed by atoms with E-state index in [2.05, 4.69) is 11.6 Å². The van der Waals surface area contributed by atoms with Crippen LogP contribution in [0.4, 0.5) is 10.1 Å². The van der Waals surface area contributed by atoms with Crippen molar-refractivity contribution >= 4 is 23.4 Å². The monoisotopic (exact) mass is 255 g/mol. The first kappa shape index (κ1) is 12.2. The lowest BCUT2D eigenvalue weighted by atomic mass is 10.1. The standard InChI is InChI=1S/C12H14FNO2S/c1-17-12(4-5-12)7-14-10-3-2-8(13)6-9(10)11(15)16/h2-3,6,14H,4-5,7H2,1H3,(H,15,16). The van der Waals surface area contributed by atoms with Gasteiger partial charge in [0.25, 0.3) is 0 Å². The molecule has 92 valence electrons. The van der Waals surface area contributed by atoms with Crippen molar-refractivity contribution in [3.63, 3.8) is 0 Å². The lowest BCUT2D eigenvalue weighted by Crippen LogP contribution is -2.19. The highest BCUT2D eigenvalue weighted by Gasteiger charge is 2.41. The number of hydrogen-bond acceptors (Lipinski definition) is 3. The molecule has 1 aliphatic carbocycles. The van der Waals surface area contributed by atoms with Gasteiger partial charge < -0.3 is 10.4 Å². The normalized spacial score (nSPS) is 16.6. The van der Waals surface area contributed by atoms with Crippen molar-refractivity contribution in [2.75, 3.05) is 18.1 Å². The first-order valence-corrected chi connectivity index (χ1v) is 6.61. The van der Waals surface area contributed by atoms with Crippen LogP contribution in [-0.2, 0) is 0 Å². The molecule has 5 heteroatoms. The molecule has 0 amide bonds. The Morgan fingerprint density at radius 2 is 2.29 bits per heavy atom. The Morgan fingerprint density at radius 1 is 1.59 bits per heavy atom. The van der Waals surface area contributed by atoms with Crippen LogP contribution in [-0.4, -0.2) is 28.6 Å². The zero-order chi connectivity index (χ0) is 12.5. The van der Waals surface area contributed by atoms with Crippen molar-refractivity contribution in [2.45, 2.75) is 17.6 Å². The lowest BCUT2D eigenvalue weighted by Gasteiger charge is -2.15. The van der Waals surface area contributed by atoms with Crippen molar-refractivity contribution in [2.24, 2.45) is 0 Å². The van der Waals surface area contributed by atoms with Gasteiger partial charge in [-0.15, -0.1) is 0 Å². The average molecular weight is 255 g/mol. The third-order valence-electron chi connectivity index (χ3n) is 3.05. The number of thioether (sulfide) groups is 1. The maximum absolute atomic E-state index is 13.0. The minimum absolute atomic E-state index is 0.0121. The maximum atomic E-state index is 13.0. The van der Waals surface area contributed by atoms with Crippen LogP contribution in [0.5, 0.6) is 0 Å². The van der Waals surface area contributed by atoms with E-state index in [4.69, 9.17) is 5.11 Å². The van der Waals surface area contributed by atoms with Crippen molar-refractivity contribution in [3.8, 4) is 0 Å². The number of carboxylic acids is 1. The number of halogens is 1. The first-order valence-electron chi connectivity index (χ1n) is 5.38. The van der Waals surface area contributed by atoms with Crippen LogP contribution in [0, 0.1) is 5.82 Å². The number of rotatable bonds is 5. The number of benzene rings is 1. The fourth-order valence-electron chi connectivity index (χ4n) is 1.70. The Labute approximate surface area is 103 Å². The summed E-state index contributed by atoms with van der Waals surface area (Å²) >= 11 is 1.79. The summed E-state index contributed by atoms with van der Waals surface area (Å²) in [6, 6.07) is 3.80. The van der Waals surface area contributed by atoms with Gasteiger partial charge in [0.1, 0.15) is 5.82 Å². The predicted molar refractivity (Wildman–Crippen MR) is 67.3 cm³/mol. The van der Waals surface area contributed by atoms with Crippen LogP contribution in [0.2, 0.25) is 0 Å². The highest BCUT2D eigenvalue weighted by atomic mass is 32.2. The van der Waals surface area contributed by atoms with Gasteiger partial charge in [-0.2, -0.15) is 11.8 Å². The quantitative estimate of drug-likeness (QED) is 0.849. The minimum Gasteiger partial charge on any atom is -0.478 e. The zero-order valence-corrected chi connectivity index (χ0v) is 10.3. The molecule has 1 aliphatic rings. The Morgan fingerprint density at radius 3 is 2.82 bits per heavy atom. The average Bonchev–Trinajstić information content (AvgIpc) is 3.08. The van der Waals surface area contributed by atoms with Crippen molar-refractivity contribution in [3.05, 3.63) is 29.6 Å². The summed E-state index contributed by atoms with van der Waals surface area (Å²) in [6.07, 6.45) is 4.34. The predicted octanol–water partition coefficient (Wildman–Crippen LogP) is 2.83. The SMILES string of the molecule is CSC1(CNc2ccc(F)cc2C(=O)O)CC1. The molecule has 3 nitrogen and oxygen atoms in total. The summed E-state index contributed by atoms with van der Waals surface area (Å²) in [6.45, 7) is 0.722. The topological polar surface area (TPSA) is 49.3 Å². The van der Waals surface area contributed by atoms with Gasteiger partial charge >= 0.3 is 5.97 Å². The van der Waals surface area contributed by atoms with Crippen LogP contribution in [0.25, 0.3) is 0 Å². The first-order chi connectivity index (χ1) is 8.06. The van der Waals surface area contributed by atoms with Crippen LogP contribution >= 0.6 is 11.8 Å². The van der Waals surface area contributed by atoms with E-state index < -0.39 is 11.8 Å². The summed E-state index contributed by atoms with van der Waals surface area (Å²) in [7, 11) is 0. The fraction of sp³-hybridized carbons (Fsp3) is 0.417. The number of hydrogen-bond donors (Lipinski definition) is 2. The van der Waals surface area contributed by atoms with Gasteiger partial charge in [0.2, 0.25) is 0 Å². The molecule has 2 rings (SSSR count). The summed E-state index contributed by atoms with van der Waals surface area (Å²) in [5, 5.41) is 12.1. The van der Waals surface area contributed by atoms with Crippen molar-refractivity contribution < 1.29 is 14.3 Å². The molecule has 1 saturated carbocycles. The molecule has 0 aromatic heterocycles. The number of nitrogens with one attached hydrogen (secondary N) is 1. The van der Waals surface area contributed by atoms with Crippen LogP contribution in [0.1, 0.15) is 23.2 Å². The summed E-state index contributed by atoms with van der Waals surface area (Å²) in [5.74, 6) is -1.64. The van der Waals surface area contributed by atoms with Gasteiger partial charge in [0, 0.05) is 17.0 Å². The summed E-state index contributed by atoms with van der Waals surface area (Å²) in [5.41, 5.74) is 0.473. The number of carbonyl (C=O) groups is 1. The minimum atomic E-state index is -1.11. The summed E-state index contributed by atoms with van der Waals surface area (Å²) in [4.78, 5) is 11.0. The second-order valence-electron chi connectivity index (χ2n) is 4.24. The summed E-state index contributed by atoms with van der Waals surface area (Å²) < 4.78 is 13.2. The molecule has 0 atom stereocenters. The molecule has 0 heterocycles. The van der Waals surface area contributed by atoms with E-state index in [0.717, 1.165) is 25.5 Å². The second-order valence-corrected chi connectivity index (χ2v) is 5.51. The van der Waals surface area contributed by atoms with Crippen LogP contribution in [0.15, 0.2) is 18.2 Å². The van der Waals surface area contributed by atoms with E-state index in [0.29, 0.717) is 5.69 Å². The van der Waals surface area contributed by atoms with Gasteiger partial charge in [-0.1, -0.05) is 0 Å². The molecule has 0 spiro atoms. The van der Waals surface area contributed by atoms with Gasteiger partial charge in [0.05, 0.1) is 5.56 Å². The van der Waals surface area contributed by atoms with E-state index in [-0.39, 0.29) is 10.3 Å². The molecule has 1 fully saturated rings. The van der Waals surface area contributed by atoms with E-state index in [1.807, 2.05) is 0 Å². The number of anilines is 1. The van der Waals surface area contributed by atoms with E-state index in [9.17, 15) is 9.18 Å². The van der Waals surface area contributed by atoms with E-state index in [1.165, 1.54) is 12.1 Å². The highest BCUT2D eigenvalue weighted by molar-refractivity contribution is 8.00. The fourth-order valence-corrected chi connectivity index (χ4v) is 2.42. The van der Waals surface area contributed by atoms with Crippen molar-refractivity contribution in [1.82, 2.24) is 0 Å². The number of carboxylic acid groups (broad SMARTS) is 1. The Kier molecular flexibility index (Phi) is 3.28. The molecular weight excluding hydrogens is 241 g/mol. The smallest absolute Gasteiger partial charge is 0.337 e. The molecule has 1 aromatic carbocycles. The Hall–Kier alpha value is -1.23. The van der Waals surface area contributed by atoms with Gasteiger partial charge in [-0.3, -0.25) is 0 Å². The Balaban J connectivity index is 2.12. The molecule has 0 unspecified atom stereocenters. The maximum Gasteiger partial charge on any atom is 0.337 e. The molecule has 1 aromatic rings. The Bertz CT molecular complexity index is 446. The lowest BCUT2D eigenvalue weighted by molar-refractivity contribution is 0.0697. The largest absolute Gasteiger partial charge is 0.478 e. The van der Waals surface area contributed by atoms with Crippen LogP contribution < -0.4 is 5.32 Å². The molecule has 0 saturated heterocycles. The van der Waals surface area contributed by atoms with Gasteiger partial charge in [0.15, 0.2) is 0 Å². The number of aromatic carboxylic acids is 1. The second kappa shape index (κ2) is 4.56. The van der Waals surface area contributed by atoms with Crippen LogP contribution in [0.3, 0.4) is 0 Å². The highest BCUT2D eigenvalue weighted by Crippen LogP contribution is 2.47. The molecule has 17 heavy (non-hydrogen) atoms. The van der Waals surface area contributed by atoms with Crippen molar-refractivity contribution in [1.29, 1.82) is 0 Å².